The Morgan fingerprint density at radius 1 is 1.67 bits per heavy atom. The number of aliphatic hydroxyl groups excluding tert-OH is 1. The van der Waals surface area contributed by atoms with Crippen LogP contribution in [0, 0.1) is 12.5 Å². The lowest BCUT2D eigenvalue weighted by Gasteiger charge is -2.06. The number of aliphatic hydroxyl groups is 1. The van der Waals surface area contributed by atoms with Gasteiger partial charge in [-0.2, -0.15) is 0 Å². The highest BCUT2D eigenvalue weighted by Crippen LogP contribution is 2.36. The molecular weight excluding hydrogens is 172 g/mol. The number of hydrogen-bond acceptors (Lipinski definition) is 3. The average molecular weight is 186 g/mol. The average Bonchev–Trinajstić information content (AvgIpc) is 2.36. The highest BCUT2D eigenvalue weighted by Gasteiger charge is 2.25. The van der Waals surface area contributed by atoms with E-state index in [-0.39, 0.29) is 5.12 Å². The Hall–Kier alpha value is -0.0200. The van der Waals surface area contributed by atoms with Crippen molar-refractivity contribution in [2.24, 2.45) is 5.92 Å². The van der Waals surface area contributed by atoms with Crippen LogP contribution in [-0.4, -0.2) is 15.5 Å². The summed E-state index contributed by atoms with van der Waals surface area (Å²) >= 11 is 1.44. The van der Waals surface area contributed by atoms with Gasteiger partial charge in [0.05, 0.1) is 0 Å². The highest BCUT2D eigenvalue weighted by molar-refractivity contribution is 8.14. The molecule has 0 saturated heterocycles. The van der Waals surface area contributed by atoms with Crippen molar-refractivity contribution < 1.29 is 9.90 Å². The van der Waals surface area contributed by atoms with Crippen LogP contribution in [0.2, 0.25) is 0 Å². The molecule has 1 saturated carbocycles. The van der Waals surface area contributed by atoms with E-state index in [0.29, 0.717) is 17.6 Å². The van der Waals surface area contributed by atoms with Gasteiger partial charge in [0.25, 0.3) is 0 Å². The Labute approximate surface area is 77.7 Å². The van der Waals surface area contributed by atoms with Crippen LogP contribution in [0.3, 0.4) is 0 Å². The SMILES string of the molecule is CC(=O)SC1CCC(C[C]O)C1. The summed E-state index contributed by atoms with van der Waals surface area (Å²) in [7, 11) is 0. The van der Waals surface area contributed by atoms with Gasteiger partial charge < -0.3 is 5.11 Å². The zero-order valence-electron chi connectivity index (χ0n) is 7.25. The highest BCUT2D eigenvalue weighted by atomic mass is 32.2. The number of carbonyl (C=O) groups excluding carboxylic acids is 1. The minimum absolute atomic E-state index is 0.206. The summed E-state index contributed by atoms with van der Waals surface area (Å²) in [5.74, 6) is 0.548. The molecule has 0 heterocycles. The first-order valence-electron chi connectivity index (χ1n) is 4.26. The fourth-order valence-corrected chi connectivity index (χ4v) is 2.78. The first-order chi connectivity index (χ1) is 5.72. The molecule has 2 unspecified atom stereocenters. The maximum absolute atomic E-state index is 10.8. The number of hydrogen-bond donors (Lipinski definition) is 1. The van der Waals surface area contributed by atoms with Gasteiger partial charge in [-0.05, 0) is 31.6 Å². The maximum atomic E-state index is 10.8. The van der Waals surface area contributed by atoms with E-state index < -0.39 is 0 Å². The second kappa shape index (κ2) is 4.87. The second-order valence-electron chi connectivity index (χ2n) is 3.27. The van der Waals surface area contributed by atoms with Crippen LogP contribution in [0.15, 0.2) is 0 Å². The number of rotatable bonds is 3. The van der Waals surface area contributed by atoms with Gasteiger partial charge in [-0.15, -0.1) is 0 Å². The van der Waals surface area contributed by atoms with E-state index in [2.05, 4.69) is 6.61 Å². The summed E-state index contributed by atoms with van der Waals surface area (Å²) < 4.78 is 0. The largest absolute Gasteiger partial charge is 0.384 e. The lowest BCUT2D eigenvalue weighted by Crippen LogP contribution is -2.00. The third kappa shape index (κ3) is 3.15. The molecule has 2 nitrogen and oxygen atoms in total. The monoisotopic (exact) mass is 186 g/mol. The smallest absolute Gasteiger partial charge is 0.186 e. The van der Waals surface area contributed by atoms with Crippen molar-refractivity contribution in [2.75, 3.05) is 0 Å². The molecular formula is C9H14O2S. The van der Waals surface area contributed by atoms with Gasteiger partial charge in [0.15, 0.2) is 5.12 Å². The molecule has 1 fully saturated rings. The summed E-state index contributed by atoms with van der Waals surface area (Å²) in [5, 5.41) is 9.16. The summed E-state index contributed by atoms with van der Waals surface area (Å²) in [6.45, 7) is 3.80. The summed E-state index contributed by atoms with van der Waals surface area (Å²) in [6.07, 6.45) is 3.95. The maximum Gasteiger partial charge on any atom is 0.186 e. The Morgan fingerprint density at radius 2 is 2.42 bits per heavy atom. The van der Waals surface area contributed by atoms with Gasteiger partial charge in [-0.3, -0.25) is 4.79 Å². The molecule has 1 aliphatic rings. The standard InChI is InChI=1S/C9H14O2S/c1-7(11)12-9-3-2-8(6-9)4-5-10/h8-10H,2-4,6H2,1H3. The first-order valence-corrected chi connectivity index (χ1v) is 5.14. The quantitative estimate of drug-likeness (QED) is 0.734. The van der Waals surface area contributed by atoms with Gasteiger partial charge in [0.1, 0.15) is 6.61 Å². The fourth-order valence-electron chi connectivity index (χ4n) is 1.69. The van der Waals surface area contributed by atoms with Crippen molar-refractivity contribution in [1.82, 2.24) is 0 Å². The third-order valence-electron chi connectivity index (χ3n) is 2.21. The van der Waals surface area contributed by atoms with Crippen LogP contribution in [0.25, 0.3) is 0 Å². The van der Waals surface area contributed by atoms with Crippen molar-refractivity contribution in [2.45, 2.75) is 37.9 Å². The van der Waals surface area contributed by atoms with E-state index >= 15 is 0 Å². The molecule has 0 aromatic carbocycles. The summed E-state index contributed by atoms with van der Waals surface area (Å²) in [6, 6.07) is 0. The Balaban J connectivity index is 2.21. The zero-order chi connectivity index (χ0) is 8.97. The van der Waals surface area contributed by atoms with Crippen LogP contribution in [-0.2, 0) is 4.79 Å². The van der Waals surface area contributed by atoms with Crippen molar-refractivity contribution in [3.05, 3.63) is 6.61 Å². The molecule has 1 N–H and O–H groups in total. The van der Waals surface area contributed by atoms with E-state index in [1.807, 2.05) is 0 Å². The lowest BCUT2D eigenvalue weighted by molar-refractivity contribution is -0.109. The van der Waals surface area contributed by atoms with Crippen LogP contribution < -0.4 is 0 Å². The molecule has 3 heteroatoms. The predicted molar refractivity (Wildman–Crippen MR) is 49.2 cm³/mol. The molecule has 0 amide bonds. The lowest BCUT2D eigenvalue weighted by atomic mass is 10.1. The van der Waals surface area contributed by atoms with Gasteiger partial charge in [0, 0.05) is 12.2 Å². The third-order valence-corrected chi connectivity index (χ3v) is 3.30. The zero-order valence-corrected chi connectivity index (χ0v) is 8.06. The summed E-state index contributed by atoms with van der Waals surface area (Å²) in [5.41, 5.74) is 0. The van der Waals surface area contributed by atoms with Crippen molar-refractivity contribution in [3.8, 4) is 0 Å². The molecule has 0 spiro atoms. The topological polar surface area (TPSA) is 37.3 Å². The van der Waals surface area contributed by atoms with E-state index in [1.165, 1.54) is 11.8 Å². The van der Waals surface area contributed by atoms with Gasteiger partial charge in [-0.1, -0.05) is 11.8 Å². The first kappa shape index (κ1) is 10.1. The number of carbonyl (C=O) groups is 1. The van der Waals surface area contributed by atoms with Crippen LogP contribution in [0.5, 0.6) is 0 Å². The molecule has 2 radical (unpaired) electrons. The van der Waals surface area contributed by atoms with E-state index in [9.17, 15) is 4.79 Å². The molecule has 12 heavy (non-hydrogen) atoms. The van der Waals surface area contributed by atoms with Gasteiger partial charge in [-0.25, -0.2) is 0 Å². The van der Waals surface area contributed by atoms with Crippen LogP contribution in [0.4, 0.5) is 0 Å². The molecule has 0 aromatic rings. The van der Waals surface area contributed by atoms with E-state index in [4.69, 9.17) is 5.11 Å². The molecule has 2 atom stereocenters. The van der Waals surface area contributed by atoms with E-state index in [0.717, 1.165) is 19.3 Å². The minimum Gasteiger partial charge on any atom is -0.384 e. The van der Waals surface area contributed by atoms with Crippen LogP contribution in [0.1, 0.15) is 32.6 Å². The normalized spacial score (nSPS) is 29.2. The fraction of sp³-hybridized carbons (Fsp3) is 0.778. The molecule has 0 aromatic heterocycles. The van der Waals surface area contributed by atoms with Gasteiger partial charge in [0.2, 0.25) is 0 Å². The molecule has 1 aliphatic carbocycles. The molecule has 1 rings (SSSR count). The molecule has 0 bridgehead atoms. The van der Waals surface area contributed by atoms with Crippen molar-refractivity contribution >= 4 is 16.9 Å². The van der Waals surface area contributed by atoms with Crippen molar-refractivity contribution in [1.29, 1.82) is 0 Å². The Morgan fingerprint density at radius 3 is 3.00 bits per heavy atom. The molecule has 68 valence electrons. The Bertz CT molecular complexity index is 159. The Kier molecular flexibility index (Phi) is 4.09. The molecule has 0 aliphatic heterocycles. The van der Waals surface area contributed by atoms with E-state index in [1.54, 1.807) is 6.92 Å². The predicted octanol–water partition coefficient (Wildman–Crippen LogP) is 2.24. The summed E-state index contributed by atoms with van der Waals surface area (Å²) in [4.78, 5) is 10.8. The van der Waals surface area contributed by atoms with Crippen LogP contribution >= 0.6 is 11.8 Å². The second-order valence-corrected chi connectivity index (χ2v) is 4.75. The number of thioether (sulfide) groups is 1. The van der Waals surface area contributed by atoms with Gasteiger partial charge >= 0.3 is 0 Å². The van der Waals surface area contributed by atoms with Crippen molar-refractivity contribution in [3.63, 3.8) is 0 Å². The minimum atomic E-state index is 0.206.